The summed E-state index contributed by atoms with van der Waals surface area (Å²) in [5.41, 5.74) is 0. The lowest BCUT2D eigenvalue weighted by Crippen LogP contribution is -2.31. The molecular weight excluding hydrogens is 274 g/mol. The molecule has 8 heteroatoms. The highest BCUT2D eigenvalue weighted by Gasteiger charge is 2.13. The van der Waals surface area contributed by atoms with Crippen LogP contribution in [0.1, 0.15) is 25.7 Å². The van der Waals surface area contributed by atoms with E-state index in [0.29, 0.717) is 18.2 Å². The molecule has 0 fully saturated rings. The van der Waals surface area contributed by atoms with Crippen LogP contribution in [0.3, 0.4) is 0 Å². The number of carbonyl (C=O) groups is 1. The third-order valence-corrected chi connectivity index (χ3v) is 2.63. The van der Waals surface area contributed by atoms with E-state index in [4.69, 9.17) is 9.47 Å². The van der Waals surface area contributed by atoms with Crippen molar-refractivity contribution in [3.05, 3.63) is 30.1 Å². The minimum absolute atomic E-state index is 0.0871. The minimum Gasteiger partial charge on any atom is -0.494 e. The van der Waals surface area contributed by atoms with E-state index in [9.17, 15) is 4.79 Å². The average molecular weight is 291 g/mol. The number of aromatic amines is 1. The van der Waals surface area contributed by atoms with Gasteiger partial charge in [-0.3, -0.25) is 4.79 Å². The van der Waals surface area contributed by atoms with Crippen molar-refractivity contribution in [3.8, 4) is 11.5 Å². The lowest BCUT2D eigenvalue weighted by Gasteiger charge is -2.11. The standard InChI is InChI=1S/C13H17N5O3/c1-3-20-10-4-6-11(7-5-10)21-8-12(19)14-9(2)13-15-17-18-16-13/h4-7,9H,3,8H2,1-2H3,(H,14,19)(H,15,16,17,18). The van der Waals surface area contributed by atoms with Crippen LogP contribution in [-0.2, 0) is 4.79 Å². The predicted octanol–water partition coefficient (Wildman–Crippen LogP) is 0.855. The molecule has 0 radical (unpaired) electrons. The molecule has 1 aromatic heterocycles. The van der Waals surface area contributed by atoms with Crippen LogP contribution in [-0.4, -0.2) is 39.7 Å². The maximum atomic E-state index is 11.7. The first-order chi connectivity index (χ1) is 10.2. The van der Waals surface area contributed by atoms with Gasteiger partial charge in [0.2, 0.25) is 0 Å². The number of H-pyrrole nitrogens is 1. The SMILES string of the molecule is CCOc1ccc(OCC(=O)NC(C)c2nn[nH]n2)cc1. The molecule has 2 N–H and O–H groups in total. The third kappa shape index (κ3) is 4.44. The molecule has 21 heavy (non-hydrogen) atoms. The summed E-state index contributed by atoms with van der Waals surface area (Å²) < 4.78 is 10.7. The molecule has 112 valence electrons. The van der Waals surface area contributed by atoms with E-state index in [1.54, 1.807) is 31.2 Å². The van der Waals surface area contributed by atoms with Crippen LogP contribution in [0.5, 0.6) is 11.5 Å². The lowest BCUT2D eigenvalue weighted by molar-refractivity contribution is -0.123. The van der Waals surface area contributed by atoms with Gasteiger partial charge < -0.3 is 14.8 Å². The van der Waals surface area contributed by atoms with E-state index in [2.05, 4.69) is 25.9 Å². The number of rotatable bonds is 7. The largest absolute Gasteiger partial charge is 0.494 e. The number of tetrazole rings is 1. The summed E-state index contributed by atoms with van der Waals surface area (Å²) in [5, 5.41) is 16.1. The normalized spacial score (nSPS) is 11.7. The van der Waals surface area contributed by atoms with Gasteiger partial charge in [0, 0.05) is 0 Å². The highest BCUT2D eigenvalue weighted by atomic mass is 16.5. The molecular formula is C13H17N5O3. The molecule has 1 unspecified atom stereocenters. The summed E-state index contributed by atoms with van der Waals surface area (Å²) in [5.74, 6) is 1.52. The Morgan fingerprint density at radius 1 is 1.29 bits per heavy atom. The van der Waals surface area contributed by atoms with Crippen molar-refractivity contribution in [2.45, 2.75) is 19.9 Å². The fourth-order valence-electron chi connectivity index (χ4n) is 1.65. The Balaban J connectivity index is 1.78. The first-order valence-electron chi connectivity index (χ1n) is 6.57. The molecule has 0 saturated carbocycles. The fraction of sp³-hybridized carbons (Fsp3) is 0.385. The van der Waals surface area contributed by atoms with Gasteiger partial charge in [-0.05, 0) is 38.1 Å². The number of nitrogens with one attached hydrogen (secondary N) is 2. The van der Waals surface area contributed by atoms with E-state index >= 15 is 0 Å². The summed E-state index contributed by atoms with van der Waals surface area (Å²) in [4.78, 5) is 11.7. The Morgan fingerprint density at radius 3 is 2.52 bits per heavy atom. The molecule has 8 nitrogen and oxygen atoms in total. The summed E-state index contributed by atoms with van der Waals surface area (Å²) in [7, 11) is 0. The number of ether oxygens (including phenoxy) is 2. The zero-order valence-corrected chi connectivity index (χ0v) is 11.9. The van der Waals surface area contributed by atoms with Crippen molar-refractivity contribution < 1.29 is 14.3 Å². The maximum Gasteiger partial charge on any atom is 0.258 e. The van der Waals surface area contributed by atoms with Gasteiger partial charge in [-0.15, -0.1) is 10.2 Å². The zero-order chi connectivity index (χ0) is 15.1. The maximum absolute atomic E-state index is 11.7. The average Bonchev–Trinajstić information content (AvgIpc) is 3.01. The molecule has 0 aliphatic heterocycles. The van der Waals surface area contributed by atoms with E-state index in [1.165, 1.54) is 0 Å². The van der Waals surface area contributed by atoms with E-state index < -0.39 is 0 Å². The van der Waals surface area contributed by atoms with Crippen LogP contribution in [0.4, 0.5) is 0 Å². The molecule has 1 atom stereocenters. The number of hydrogen-bond acceptors (Lipinski definition) is 6. The minimum atomic E-state index is -0.333. The zero-order valence-electron chi connectivity index (χ0n) is 11.9. The van der Waals surface area contributed by atoms with E-state index in [0.717, 1.165) is 5.75 Å². The van der Waals surface area contributed by atoms with Crippen LogP contribution in [0.15, 0.2) is 24.3 Å². The molecule has 0 aliphatic rings. The smallest absolute Gasteiger partial charge is 0.258 e. The topological polar surface area (TPSA) is 102 Å². The summed E-state index contributed by atoms with van der Waals surface area (Å²) in [6, 6.07) is 6.75. The van der Waals surface area contributed by atoms with Crippen LogP contribution in [0.25, 0.3) is 0 Å². The Bertz CT molecular complexity index is 556. The summed E-state index contributed by atoms with van der Waals surface area (Å²) in [6.07, 6.45) is 0. The molecule has 0 aliphatic carbocycles. The highest BCUT2D eigenvalue weighted by molar-refractivity contribution is 5.77. The quantitative estimate of drug-likeness (QED) is 0.784. The second kappa shape index (κ2) is 7.22. The first kappa shape index (κ1) is 14.8. The van der Waals surface area contributed by atoms with Crippen molar-refractivity contribution in [2.24, 2.45) is 0 Å². The monoisotopic (exact) mass is 291 g/mol. The Labute approximate surface area is 121 Å². The molecule has 0 spiro atoms. The van der Waals surface area contributed by atoms with Gasteiger partial charge in [0.15, 0.2) is 12.4 Å². The lowest BCUT2D eigenvalue weighted by atomic mass is 10.3. The first-order valence-corrected chi connectivity index (χ1v) is 6.57. The Kier molecular flexibility index (Phi) is 5.08. The number of nitrogens with zero attached hydrogens (tertiary/aromatic N) is 3. The van der Waals surface area contributed by atoms with Crippen LogP contribution >= 0.6 is 0 Å². The van der Waals surface area contributed by atoms with Gasteiger partial charge in [0.25, 0.3) is 5.91 Å². The third-order valence-electron chi connectivity index (χ3n) is 2.63. The van der Waals surface area contributed by atoms with Crippen molar-refractivity contribution in [3.63, 3.8) is 0 Å². The number of carbonyl (C=O) groups excluding carboxylic acids is 1. The van der Waals surface area contributed by atoms with Crippen LogP contribution in [0, 0.1) is 0 Å². The van der Waals surface area contributed by atoms with Crippen molar-refractivity contribution in [1.82, 2.24) is 25.9 Å². The Morgan fingerprint density at radius 2 is 1.95 bits per heavy atom. The van der Waals surface area contributed by atoms with E-state index in [-0.39, 0.29) is 18.6 Å². The molecule has 2 rings (SSSR count). The van der Waals surface area contributed by atoms with E-state index in [1.807, 2.05) is 6.92 Å². The van der Waals surface area contributed by atoms with Crippen molar-refractivity contribution in [2.75, 3.05) is 13.2 Å². The molecule has 0 bridgehead atoms. The number of amides is 1. The number of hydrogen-bond donors (Lipinski definition) is 2. The summed E-state index contributed by atoms with van der Waals surface area (Å²) in [6.45, 7) is 4.20. The number of aromatic nitrogens is 4. The molecule has 1 aromatic carbocycles. The van der Waals surface area contributed by atoms with Gasteiger partial charge in [-0.25, -0.2) is 0 Å². The molecule has 1 amide bonds. The number of benzene rings is 1. The van der Waals surface area contributed by atoms with Crippen molar-refractivity contribution >= 4 is 5.91 Å². The van der Waals surface area contributed by atoms with Gasteiger partial charge in [-0.2, -0.15) is 5.21 Å². The van der Waals surface area contributed by atoms with Crippen molar-refractivity contribution in [1.29, 1.82) is 0 Å². The molecule has 0 saturated heterocycles. The molecule has 2 aromatic rings. The second-order valence-corrected chi connectivity index (χ2v) is 4.25. The Hall–Kier alpha value is -2.64. The second-order valence-electron chi connectivity index (χ2n) is 4.25. The molecule has 1 heterocycles. The summed E-state index contributed by atoms with van der Waals surface area (Å²) >= 11 is 0. The van der Waals surface area contributed by atoms with Crippen LogP contribution in [0.2, 0.25) is 0 Å². The highest BCUT2D eigenvalue weighted by Crippen LogP contribution is 2.17. The van der Waals surface area contributed by atoms with Gasteiger partial charge in [-0.1, -0.05) is 5.21 Å². The predicted molar refractivity (Wildman–Crippen MR) is 73.8 cm³/mol. The fourth-order valence-corrected chi connectivity index (χ4v) is 1.65. The van der Waals surface area contributed by atoms with Gasteiger partial charge >= 0.3 is 0 Å². The van der Waals surface area contributed by atoms with Gasteiger partial charge in [0.05, 0.1) is 12.6 Å². The van der Waals surface area contributed by atoms with Gasteiger partial charge in [0.1, 0.15) is 11.5 Å². The van der Waals surface area contributed by atoms with Crippen LogP contribution < -0.4 is 14.8 Å².